The van der Waals surface area contributed by atoms with Gasteiger partial charge in [-0.15, -0.1) is 0 Å². The zero-order chi connectivity index (χ0) is 12.6. The van der Waals surface area contributed by atoms with Crippen molar-refractivity contribution in [3.8, 4) is 0 Å². The summed E-state index contributed by atoms with van der Waals surface area (Å²) in [5, 5.41) is 8.62. The van der Waals surface area contributed by atoms with Gasteiger partial charge in [0.05, 0.1) is 0 Å². The summed E-state index contributed by atoms with van der Waals surface area (Å²) in [5.41, 5.74) is 0. The van der Waals surface area contributed by atoms with Gasteiger partial charge in [0.15, 0.2) is 6.29 Å². The summed E-state index contributed by atoms with van der Waals surface area (Å²) in [6, 6.07) is 0. The van der Waals surface area contributed by atoms with E-state index < -0.39 is 0 Å². The van der Waals surface area contributed by atoms with E-state index in [1.54, 1.807) is 0 Å². The molecule has 0 saturated carbocycles. The molecule has 0 saturated heterocycles. The molecule has 0 aliphatic rings. The maximum absolute atomic E-state index is 9.97. The molecular formula is C15H29O2. The van der Waals surface area contributed by atoms with E-state index in [0.29, 0.717) is 13.0 Å². The maximum Gasteiger partial charge on any atom is 0.198 e. The van der Waals surface area contributed by atoms with E-state index in [9.17, 15) is 4.79 Å². The van der Waals surface area contributed by atoms with Crippen LogP contribution in [0, 0.1) is 0 Å². The Balaban J connectivity index is 2.87. The molecule has 0 bridgehead atoms. The highest BCUT2D eigenvalue weighted by molar-refractivity contribution is 5.50. The zero-order valence-electron chi connectivity index (χ0n) is 11.3. The van der Waals surface area contributed by atoms with Gasteiger partial charge in [-0.3, -0.25) is 4.79 Å². The monoisotopic (exact) mass is 241 g/mol. The average Bonchev–Trinajstić information content (AvgIpc) is 2.35. The quantitative estimate of drug-likeness (QED) is 0.464. The Labute approximate surface area is 107 Å². The SMILES string of the molecule is O=[C]CCCCCCCCCCCCCCO. The molecule has 0 aromatic rings. The summed E-state index contributed by atoms with van der Waals surface area (Å²) in [6.07, 6.45) is 17.6. The number of rotatable bonds is 14. The Hall–Kier alpha value is -0.370. The van der Waals surface area contributed by atoms with Gasteiger partial charge in [0, 0.05) is 13.0 Å². The lowest BCUT2D eigenvalue weighted by molar-refractivity contribution is 0.282. The average molecular weight is 241 g/mol. The number of carbonyl (C=O) groups excluding carboxylic acids is 1. The van der Waals surface area contributed by atoms with Crippen LogP contribution in [0.4, 0.5) is 0 Å². The highest BCUT2D eigenvalue weighted by Gasteiger charge is 1.93. The topological polar surface area (TPSA) is 37.3 Å². The molecule has 2 nitrogen and oxygen atoms in total. The molecule has 2 heteroatoms. The molecule has 0 rings (SSSR count). The third kappa shape index (κ3) is 15.6. The van der Waals surface area contributed by atoms with Crippen LogP contribution >= 0.6 is 0 Å². The predicted octanol–water partition coefficient (Wildman–Crippen LogP) is 4.16. The summed E-state index contributed by atoms with van der Waals surface area (Å²) in [6.45, 7) is 0.349. The zero-order valence-corrected chi connectivity index (χ0v) is 11.3. The second-order valence-electron chi connectivity index (χ2n) is 4.86. The molecule has 0 amide bonds. The molecule has 0 aliphatic carbocycles. The summed E-state index contributed by atoms with van der Waals surface area (Å²) in [5.74, 6) is 0. The summed E-state index contributed by atoms with van der Waals surface area (Å²) >= 11 is 0. The van der Waals surface area contributed by atoms with E-state index in [-0.39, 0.29) is 0 Å². The second-order valence-corrected chi connectivity index (χ2v) is 4.86. The third-order valence-corrected chi connectivity index (χ3v) is 3.19. The van der Waals surface area contributed by atoms with Crippen molar-refractivity contribution in [1.82, 2.24) is 0 Å². The highest BCUT2D eigenvalue weighted by atomic mass is 16.2. The number of unbranched alkanes of at least 4 members (excludes halogenated alkanes) is 12. The van der Waals surface area contributed by atoms with E-state index in [2.05, 4.69) is 0 Å². The fourth-order valence-corrected chi connectivity index (χ4v) is 2.08. The molecule has 17 heavy (non-hydrogen) atoms. The largest absolute Gasteiger partial charge is 0.396 e. The standard InChI is InChI=1S/C15H29O2/c16-14-12-10-8-6-4-2-1-3-5-7-9-11-13-15-17/h16H,1-14H2. The van der Waals surface area contributed by atoms with Crippen LogP contribution in [0.2, 0.25) is 0 Å². The molecule has 0 fully saturated rings. The number of hydrogen-bond acceptors (Lipinski definition) is 2. The lowest BCUT2D eigenvalue weighted by atomic mass is 10.0. The Kier molecular flexibility index (Phi) is 15.3. The molecule has 0 aromatic carbocycles. The fourth-order valence-electron chi connectivity index (χ4n) is 2.08. The Morgan fingerprint density at radius 2 is 0.941 bits per heavy atom. The summed E-state index contributed by atoms with van der Waals surface area (Å²) < 4.78 is 0. The number of aliphatic hydroxyl groups excluding tert-OH is 1. The van der Waals surface area contributed by atoms with E-state index >= 15 is 0 Å². The third-order valence-electron chi connectivity index (χ3n) is 3.19. The van der Waals surface area contributed by atoms with Gasteiger partial charge in [-0.25, -0.2) is 0 Å². The first kappa shape index (κ1) is 16.6. The van der Waals surface area contributed by atoms with Gasteiger partial charge in [0.25, 0.3) is 0 Å². The van der Waals surface area contributed by atoms with Crippen molar-refractivity contribution >= 4 is 6.29 Å². The van der Waals surface area contributed by atoms with Crippen molar-refractivity contribution < 1.29 is 9.90 Å². The first-order valence-corrected chi connectivity index (χ1v) is 7.37. The molecule has 0 heterocycles. The predicted molar refractivity (Wildman–Crippen MR) is 72.8 cm³/mol. The number of aliphatic hydroxyl groups is 1. The molecule has 0 spiro atoms. The summed E-state index contributed by atoms with van der Waals surface area (Å²) in [7, 11) is 0. The first-order chi connectivity index (χ1) is 8.41. The molecule has 1 radical (unpaired) electrons. The van der Waals surface area contributed by atoms with Crippen molar-refractivity contribution in [2.45, 2.75) is 83.5 Å². The molecule has 0 aromatic heterocycles. The Morgan fingerprint density at radius 3 is 1.29 bits per heavy atom. The van der Waals surface area contributed by atoms with Gasteiger partial charge in [-0.1, -0.05) is 64.2 Å². The minimum Gasteiger partial charge on any atom is -0.396 e. The first-order valence-electron chi connectivity index (χ1n) is 7.37. The van der Waals surface area contributed by atoms with E-state index in [4.69, 9.17) is 5.11 Å². The maximum atomic E-state index is 9.97. The number of hydrogen-bond donors (Lipinski definition) is 1. The van der Waals surface area contributed by atoms with Gasteiger partial charge in [-0.05, 0) is 12.8 Å². The van der Waals surface area contributed by atoms with Crippen molar-refractivity contribution in [1.29, 1.82) is 0 Å². The van der Waals surface area contributed by atoms with Crippen LogP contribution in [-0.2, 0) is 4.79 Å². The minimum atomic E-state index is 0.349. The Morgan fingerprint density at radius 1 is 0.588 bits per heavy atom. The van der Waals surface area contributed by atoms with Crippen molar-refractivity contribution in [3.63, 3.8) is 0 Å². The van der Waals surface area contributed by atoms with Crippen molar-refractivity contribution in [2.75, 3.05) is 6.61 Å². The molecule has 1 N–H and O–H groups in total. The molecular weight excluding hydrogens is 212 g/mol. The minimum absolute atomic E-state index is 0.349. The van der Waals surface area contributed by atoms with Gasteiger partial charge < -0.3 is 5.11 Å². The van der Waals surface area contributed by atoms with Crippen LogP contribution < -0.4 is 0 Å². The van der Waals surface area contributed by atoms with Crippen LogP contribution in [0.5, 0.6) is 0 Å². The van der Waals surface area contributed by atoms with Crippen LogP contribution in [0.25, 0.3) is 0 Å². The van der Waals surface area contributed by atoms with Crippen molar-refractivity contribution in [3.05, 3.63) is 0 Å². The van der Waals surface area contributed by atoms with E-state index in [1.807, 2.05) is 6.29 Å². The van der Waals surface area contributed by atoms with Crippen LogP contribution in [0.3, 0.4) is 0 Å². The van der Waals surface area contributed by atoms with E-state index in [0.717, 1.165) is 12.8 Å². The smallest absolute Gasteiger partial charge is 0.198 e. The van der Waals surface area contributed by atoms with Gasteiger partial charge in [0.1, 0.15) is 0 Å². The molecule has 101 valence electrons. The van der Waals surface area contributed by atoms with Crippen molar-refractivity contribution in [2.24, 2.45) is 0 Å². The lowest BCUT2D eigenvalue weighted by Crippen LogP contribution is -1.85. The van der Waals surface area contributed by atoms with Gasteiger partial charge in [0.2, 0.25) is 0 Å². The van der Waals surface area contributed by atoms with Crippen LogP contribution in [0.1, 0.15) is 83.5 Å². The molecule has 0 unspecified atom stereocenters. The lowest BCUT2D eigenvalue weighted by Gasteiger charge is -2.02. The van der Waals surface area contributed by atoms with E-state index in [1.165, 1.54) is 64.2 Å². The van der Waals surface area contributed by atoms with Gasteiger partial charge in [-0.2, -0.15) is 0 Å². The fraction of sp³-hybridized carbons (Fsp3) is 0.933. The van der Waals surface area contributed by atoms with Crippen LogP contribution in [-0.4, -0.2) is 18.0 Å². The Bertz CT molecular complexity index is 146. The highest BCUT2D eigenvalue weighted by Crippen LogP contribution is 2.12. The van der Waals surface area contributed by atoms with Crippen LogP contribution in [0.15, 0.2) is 0 Å². The molecule has 0 atom stereocenters. The normalized spacial score (nSPS) is 10.6. The summed E-state index contributed by atoms with van der Waals surface area (Å²) in [4.78, 5) is 9.97. The second kappa shape index (κ2) is 15.6. The van der Waals surface area contributed by atoms with Gasteiger partial charge >= 0.3 is 0 Å². The molecule has 0 aliphatic heterocycles.